The average Bonchev–Trinajstić information content (AvgIpc) is 2.11. The van der Waals surface area contributed by atoms with Crippen LogP contribution in [0.25, 0.3) is 0 Å². The molecule has 0 saturated carbocycles. The van der Waals surface area contributed by atoms with Crippen LogP contribution in [0, 0.1) is 0 Å². The predicted molar refractivity (Wildman–Crippen MR) is 41.1 cm³/mol. The third-order valence-corrected chi connectivity index (χ3v) is 0.953. The van der Waals surface area contributed by atoms with Crippen LogP contribution in [0.2, 0.25) is 0 Å². The summed E-state index contributed by atoms with van der Waals surface area (Å²) in [7, 11) is 0. The topological polar surface area (TPSA) is 104 Å². The minimum absolute atomic E-state index is 0.185. The molecular weight excluding hydrogens is 180 g/mol. The normalized spacial score (nSPS) is 11.4. The third-order valence-electron chi connectivity index (χ3n) is 0.953. The van der Waals surface area contributed by atoms with Gasteiger partial charge in [-0.2, -0.15) is 0 Å². The van der Waals surface area contributed by atoms with Gasteiger partial charge in [0.1, 0.15) is 6.61 Å². The molecule has 0 aliphatic rings. The molecule has 0 radical (unpaired) electrons. The number of esters is 1. The maximum atomic E-state index is 10.6. The second-order valence-electron chi connectivity index (χ2n) is 1.89. The van der Waals surface area contributed by atoms with Gasteiger partial charge in [0.25, 0.3) is 11.5 Å². The second kappa shape index (κ2) is 4.81. The number of carbonyl (C=O) groups is 2. The van der Waals surface area contributed by atoms with Crippen LogP contribution in [-0.2, 0) is 14.3 Å². The molecule has 72 valence electrons. The fraction of sp³-hybridized carbons (Fsp3) is 0.143. The number of carboxylic acids is 1. The zero-order valence-corrected chi connectivity index (χ0v) is 6.56. The molecule has 0 rings (SSSR count). The van der Waals surface area contributed by atoms with Crippen molar-refractivity contribution < 1.29 is 29.6 Å². The van der Waals surface area contributed by atoms with Gasteiger partial charge in [0.15, 0.2) is 0 Å². The summed E-state index contributed by atoms with van der Waals surface area (Å²) in [4.78, 5) is 20.7. The Labute approximate surface area is 73.4 Å². The molecule has 0 aromatic carbocycles. The summed E-state index contributed by atoms with van der Waals surface area (Å²) in [5, 5.41) is 25.4. The number of aliphatic hydroxyl groups is 2. The van der Waals surface area contributed by atoms with Gasteiger partial charge in [-0.05, 0) is 0 Å². The zero-order chi connectivity index (χ0) is 10.4. The molecule has 0 aliphatic heterocycles. The number of carbonyl (C=O) groups excluding carboxylic acids is 1. The Morgan fingerprint density at radius 2 is 1.77 bits per heavy atom. The summed E-state index contributed by atoms with van der Waals surface area (Å²) in [6.45, 7) is 3.03. The lowest BCUT2D eigenvalue weighted by molar-refractivity contribution is -0.143. The van der Waals surface area contributed by atoms with Gasteiger partial charge in [-0.15, -0.1) is 0 Å². The van der Waals surface area contributed by atoms with Gasteiger partial charge in [-0.3, -0.25) is 0 Å². The largest absolute Gasteiger partial charge is 0.499 e. The molecule has 6 nitrogen and oxygen atoms in total. The number of aliphatic carboxylic acids is 1. The molecule has 0 aromatic rings. The Bertz CT molecular complexity index is 264. The van der Waals surface area contributed by atoms with E-state index in [2.05, 4.69) is 11.3 Å². The van der Waals surface area contributed by atoms with Gasteiger partial charge in [0, 0.05) is 0 Å². The van der Waals surface area contributed by atoms with E-state index in [0.29, 0.717) is 0 Å². The highest BCUT2D eigenvalue weighted by Crippen LogP contribution is 2.00. The average molecular weight is 188 g/mol. The minimum atomic E-state index is -1.81. The number of hydrogen-bond acceptors (Lipinski definition) is 5. The first-order chi connectivity index (χ1) is 6.00. The van der Waals surface area contributed by atoms with E-state index in [4.69, 9.17) is 15.3 Å². The van der Waals surface area contributed by atoms with E-state index >= 15 is 0 Å². The zero-order valence-electron chi connectivity index (χ0n) is 6.56. The van der Waals surface area contributed by atoms with E-state index in [1.165, 1.54) is 6.08 Å². The van der Waals surface area contributed by atoms with Gasteiger partial charge in [-0.1, -0.05) is 12.7 Å². The minimum Gasteiger partial charge on any atom is -0.499 e. The van der Waals surface area contributed by atoms with Crippen LogP contribution in [-0.4, -0.2) is 33.9 Å². The van der Waals surface area contributed by atoms with E-state index in [1.807, 2.05) is 0 Å². The lowest BCUT2D eigenvalue weighted by atomic mass is 10.4. The van der Waals surface area contributed by atoms with Gasteiger partial charge < -0.3 is 20.1 Å². The maximum Gasteiger partial charge on any atom is 0.378 e. The first kappa shape index (κ1) is 11.0. The Balaban J connectivity index is 4.48. The molecule has 0 aliphatic carbocycles. The molecule has 0 spiro atoms. The molecule has 0 saturated heterocycles. The Kier molecular flexibility index (Phi) is 4.08. The van der Waals surface area contributed by atoms with Crippen molar-refractivity contribution in [3.63, 3.8) is 0 Å². The Morgan fingerprint density at radius 3 is 2.15 bits per heavy atom. The van der Waals surface area contributed by atoms with Crippen molar-refractivity contribution in [2.24, 2.45) is 0 Å². The maximum absolute atomic E-state index is 10.6. The number of hydrogen-bond donors (Lipinski definition) is 3. The highest BCUT2D eigenvalue weighted by molar-refractivity contribution is 5.95. The van der Waals surface area contributed by atoms with Gasteiger partial charge >= 0.3 is 11.9 Å². The van der Waals surface area contributed by atoms with Crippen LogP contribution >= 0.6 is 0 Å². The molecule has 0 aromatic heterocycles. The Hall–Kier alpha value is -1.98. The molecule has 0 bridgehead atoms. The molecule has 0 unspecified atom stereocenters. The van der Waals surface area contributed by atoms with Crippen molar-refractivity contribution in [2.75, 3.05) is 6.61 Å². The van der Waals surface area contributed by atoms with Crippen LogP contribution in [0.4, 0.5) is 0 Å². The quantitative estimate of drug-likeness (QED) is 0.250. The third kappa shape index (κ3) is 3.28. The standard InChI is InChI=1S/C7H8O6/c1-2-3-13-7(12)5(9)4(8)6(10)11/h2,8-9H,1,3H2,(H,10,11)/b5-4-. The highest BCUT2D eigenvalue weighted by atomic mass is 16.5. The lowest BCUT2D eigenvalue weighted by Crippen LogP contribution is -2.14. The van der Waals surface area contributed by atoms with Gasteiger partial charge in [0.2, 0.25) is 0 Å². The van der Waals surface area contributed by atoms with E-state index < -0.39 is 23.5 Å². The predicted octanol–water partition coefficient (Wildman–Crippen LogP) is 0.128. The molecule has 0 heterocycles. The van der Waals surface area contributed by atoms with Gasteiger partial charge in [0.05, 0.1) is 0 Å². The number of carboxylic acid groups (broad SMARTS) is 1. The fourth-order valence-corrected chi connectivity index (χ4v) is 0.401. The lowest BCUT2D eigenvalue weighted by Gasteiger charge is -2.00. The summed E-state index contributed by atoms with van der Waals surface area (Å²) in [5.41, 5.74) is 0. The van der Waals surface area contributed by atoms with Crippen molar-refractivity contribution in [1.29, 1.82) is 0 Å². The van der Waals surface area contributed by atoms with Crippen molar-refractivity contribution in [3.8, 4) is 0 Å². The first-order valence-electron chi connectivity index (χ1n) is 3.14. The molecule has 13 heavy (non-hydrogen) atoms. The number of ether oxygens (including phenoxy) is 1. The summed E-state index contributed by atoms with van der Waals surface area (Å²) < 4.78 is 4.24. The SMILES string of the molecule is C=CCOC(=O)/C(O)=C(/O)C(=O)O. The number of rotatable bonds is 4. The van der Waals surface area contributed by atoms with Crippen LogP contribution in [0.3, 0.4) is 0 Å². The van der Waals surface area contributed by atoms with E-state index in [9.17, 15) is 9.59 Å². The van der Waals surface area contributed by atoms with E-state index in [1.54, 1.807) is 0 Å². The van der Waals surface area contributed by atoms with Crippen molar-refractivity contribution in [3.05, 3.63) is 24.2 Å². The molecule has 0 atom stereocenters. The van der Waals surface area contributed by atoms with E-state index in [-0.39, 0.29) is 6.61 Å². The second-order valence-corrected chi connectivity index (χ2v) is 1.89. The van der Waals surface area contributed by atoms with Gasteiger partial charge in [-0.25, -0.2) is 9.59 Å². The molecule has 3 N–H and O–H groups in total. The van der Waals surface area contributed by atoms with Crippen LogP contribution in [0.15, 0.2) is 24.2 Å². The monoisotopic (exact) mass is 188 g/mol. The van der Waals surface area contributed by atoms with Crippen molar-refractivity contribution >= 4 is 11.9 Å². The summed E-state index contributed by atoms with van der Waals surface area (Å²) >= 11 is 0. The smallest absolute Gasteiger partial charge is 0.378 e. The number of aliphatic hydroxyl groups excluding tert-OH is 2. The molecule has 0 fully saturated rings. The molecule has 6 heteroatoms. The highest BCUT2D eigenvalue weighted by Gasteiger charge is 2.19. The van der Waals surface area contributed by atoms with Crippen molar-refractivity contribution in [1.82, 2.24) is 0 Å². The Morgan fingerprint density at radius 1 is 1.23 bits per heavy atom. The van der Waals surface area contributed by atoms with Crippen LogP contribution in [0.1, 0.15) is 0 Å². The molecule has 0 amide bonds. The summed E-state index contributed by atoms with van der Waals surface area (Å²) in [6.07, 6.45) is 1.23. The van der Waals surface area contributed by atoms with Crippen molar-refractivity contribution in [2.45, 2.75) is 0 Å². The fourth-order valence-electron chi connectivity index (χ4n) is 0.401. The first-order valence-corrected chi connectivity index (χ1v) is 3.14. The summed E-state index contributed by atoms with van der Waals surface area (Å²) in [5.74, 6) is -5.92. The van der Waals surface area contributed by atoms with Crippen LogP contribution < -0.4 is 0 Å². The van der Waals surface area contributed by atoms with Crippen LogP contribution in [0.5, 0.6) is 0 Å². The molecular formula is C7H8O6. The summed E-state index contributed by atoms with van der Waals surface area (Å²) in [6, 6.07) is 0. The van der Waals surface area contributed by atoms with E-state index in [0.717, 1.165) is 0 Å².